The van der Waals surface area contributed by atoms with Gasteiger partial charge in [-0.2, -0.15) is 13.2 Å². The molecule has 0 atom stereocenters. The zero-order valence-electron chi connectivity index (χ0n) is 10.2. The monoisotopic (exact) mass is 274 g/mol. The Morgan fingerprint density at radius 1 is 1.47 bits per heavy atom. The van der Waals surface area contributed by atoms with Crippen molar-refractivity contribution in [1.29, 1.82) is 0 Å². The minimum Gasteiger partial charge on any atom is -0.468 e. The summed E-state index contributed by atoms with van der Waals surface area (Å²) in [4.78, 5) is 14.3. The number of alkyl halides is 3. The standard InChI is InChI=1S/C12H13F3N2O2/c1-9(18)16-6-2-3-10-4-5-11(17-7-10)19-8-12(13,14)15/h2-5,7H,6,8H2,1H3,(H,16,18). The number of carbonyl (C=O) groups excluding carboxylic acids is 1. The number of nitrogens with zero attached hydrogens (tertiary/aromatic N) is 1. The molecule has 0 spiro atoms. The number of rotatable bonds is 5. The molecule has 0 aliphatic rings. The van der Waals surface area contributed by atoms with Crippen molar-refractivity contribution in [1.82, 2.24) is 10.3 Å². The van der Waals surface area contributed by atoms with Crippen molar-refractivity contribution in [2.24, 2.45) is 0 Å². The molecule has 7 heteroatoms. The Morgan fingerprint density at radius 2 is 2.21 bits per heavy atom. The molecule has 4 nitrogen and oxygen atoms in total. The van der Waals surface area contributed by atoms with Gasteiger partial charge in [0.15, 0.2) is 6.61 Å². The molecule has 19 heavy (non-hydrogen) atoms. The maximum atomic E-state index is 11.9. The van der Waals surface area contributed by atoms with Gasteiger partial charge in [-0.15, -0.1) is 0 Å². The van der Waals surface area contributed by atoms with Crippen LogP contribution in [0.3, 0.4) is 0 Å². The lowest BCUT2D eigenvalue weighted by atomic mass is 10.2. The number of amides is 1. The lowest BCUT2D eigenvalue weighted by Gasteiger charge is -2.07. The highest BCUT2D eigenvalue weighted by molar-refractivity contribution is 5.73. The highest BCUT2D eigenvalue weighted by Crippen LogP contribution is 2.17. The van der Waals surface area contributed by atoms with Gasteiger partial charge < -0.3 is 10.1 Å². The van der Waals surface area contributed by atoms with Crippen molar-refractivity contribution in [3.63, 3.8) is 0 Å². The average molecular weight is 274 g/mol. The van der Waals surface area contributed by atoms with Gasteiger partial charge in [0.25, 0.3) is 0 Å². The van der Waals surface area contributed by atoms with Crippen LogP contribution in [0, 0.1) is 0 Å². The van der Waals surface area contributed by atoms with E-state index in [1.807, 2.05) is 0 Å². The second-order valence-corrected chi connectivity index (χ2v) is 3.67. The van der Waals surface area contributed by atoms with Gasteiger partial charge in [0.2, 0.25) is 11.8 Å². The maximum absolute atomic E-state index is 11.9. The van der Waals surface area contributed by atoms with E-state index in [4.69, 9.17) is 0 Å². The maximum Gasteiger partial charge on any atom is 0.422 e. The molecule has 0 fully saturated rings. The Balaban J connectivity index is 2.45. The molecule has 0 unspecified atom stereocenters. The van der Waals surface area contributed by atoms with E-state index >= 15 is 0 Å². The number of carbonyl (C=O) groups is 1. The third-order valence-electron chi connectivity index (χ3n) is 1.92. The Kier molecular flexibility index (Phi) is 5.35. The molecule has 0 aliphatic carbocycles. The fraction of sp³-hybridized carbons (Fsp3) is 0.333. The first-order valence-electron chi connectivity index (χ1n) is 5.43. The van der Waals surface area contributed by atoms with Crippen LogP contribution in [0.5, 0.6) is 5.88 Å². The Hall–Kier alpha value is -2.05. The molecule has 0 aliphatic heterocycles. The summed E-state index contributed by atoms with van der Waals surface area (Å²) in [5.41, 5.74) is 0.699. The molecule has 104 valence electrons. The van der Waals surface area contributed by atoms with Crippen LogP contribution in [-0.2, 0) is 4.79 Å². The predicted octanol–water partition coefficient (Wildman–Crippen LogP) is 2.17. The fourth-order valence-electron chi connectivity index (χ4n) is 1.13. The van der Waals surface area contributed by atoms with Crippen LogP contribution in [-0.4, -0.2) is 30.2 Å². The van der Waals surface area contributed by atoms with Crippen LogP contribution in [0.1, 0.15) is 12.5 Å². The molecule has 1 rings (SSSR count). The van der Waals surface area contributed by atoms with Crippen LogP contribution in [0.25, 0.3) is 6.08 Å². The summed E-state index contributed by atoms with van der Waals surface area (Å²) in [7, 11) is 0. The van der Waals surface area contributed by atoms with E-state index in [1.54, 1.807) is 18.2 Å². The lowest BCUT2D eigenvalue weighted by molar-refractivity contribution is -0.154. The fourth-order valence-corrected chi connectivity index (χ4v) is 1.13. The molecule has 1 aromatic rings. The molecule has 0 aromatic carbocycles. The first kappa shape index (κ1) is 15.0. The highest BCUT2D eigenvalue weighted by Gasteiger charge is 2.28. The van der Waals surface area contributed by atoms with E-state index in [2.05, 4.69) is 15.0 Å². The summed E-state index contributed by atoms with van der Waals surface area (Å²) < 4.78 is 40.1. The average Bonchev–Trinajstić information content (AvgIpc) is 2.32. The Labute approximate surface area is 108 Å². The first-order chi connectivity index (χ1) is 8.87. The lowest BCUT2D eigenvalue weighted by Crippen LogP contribution is -2.19. The SMILES string of the molecule is CC(=O)NCC=Cc1ccc(OCC(F)(F)F)nc1. The van der Waals surface area contributed by atoms with E-state index in [1.165, 1.54) is 19.2 Å². The number of ether oxygens (including phenoxy) is 1. The Bertz CT molecular complexity index is 441. The normalized spacial score (nSPS) is 11.6. The van der Waals surface area contributed by atoms with Crippen LogP contribution in [0.2, 0.25) is 0 Å². The third kappa shape index (κ3) is 7.07. The summed E-state index contributed by atoms with van der Waals surface area (Å²) in [6, 6.07) is 2.92. The molecule has 1 N–H and O–H groups in total. The molecule has 0 radical (unpaired) electrons. The van der Waals surface area contributed by atoms with Gasteiger partial charge in [0.1, 0.15) is 0 Å². The van der Waals surface area contributed by atoms with Crippen molar-refractivity contribution in [3.05, 3.63) is 30.0 Å². The van der Waals surface area contributed by atoms with Gasteiger partial charge >= 0.3 is 6.18 Å². The zero-order valence-corrected chi connectivity index (χ0v) is 10.2. The van der Waals surface area contributed by atoms with Gasteiger partial charge in [0.05, 0.1) is 0 Å². The summed E-state index contributed by atoms with van der Waals surface area (Å²) in [5, 5.41) is 2.57. The molecule has 0 saturated heterocycles. The van der Waals surface area contributed by atoms with Crippen LogP contribution in [0.15, 0.2) is 24.4 Å². The quantitative estimate of drug-likeness (QED) is 0.895. The van der Waals surface area contributed by atoms with Gasteiger partial charge in [0, 0.05) is 25.7 Å². The molecule has 0 saturated carbocycles. The minimum atomic E-state index is -4.38. The summed E-state index contributed by atoms with van der Waals surface area (Å²) in [6.07, 6.45) is 0.403. The van der Waals surface area contributed by atoms with Crippen LogP contribution in [0.4, 0.5) is 13.2 Å². The zero-order chi connectivity index (χ0) is 14.3. The summed E-state index contributed by atoms with van der Waals surface area (Å²) in [5.74, 6) is -0.227. The number of aromatic nitrogens is 1. The van der Waals surface area contributed by atoms with Gasteiger partial charge in [-0.1, -0.05) is 12.2 Å². The summed E-state index contributed by atoms with van der Waals surface area (Å²) in [6.45, 7) is 0.418. The first-order valence-corrected chi connectivity index (χ1v) is 5.43. The summed E-state index contributed by atoms with van der Waals surface area (Å²) >= 11 is 0. The van der Waals surface area contributed by atoms with Crippen molar-refractivity contribution in [2.75, 3.05) is 13.2 Å². The third-order valence-corrected chi connectivity index (χ3v) is 1.92. The van der Waals surface area contributed by atoms with Gasteiger partial charge in [-0.25, -0.2) is 4.98 Å². The smallest absolute Gasteiger partial charge is 0.422 e. The molecule has 0 bridgehead atoms. The van der Waals surface area contributed by atoms with Crippen molar-refractivity contribution >= 4 is 12.0 Å². The largest absolute Gasteiger partial charge is 0.468 e. The molecular weight excluding hydrogens is 261 g/mol. The second kappa shape index (κ2) is 6.77. The van der Waals surface area contributed by atoms with Gasteiger partial charge in [-0.3, -0.25) is 4.79 Å². The second-order valence-electron chi connectivity index (χ2n) is 3.67. The van der Waals surface area contributed by atoms with Crippen molar-refractivity contribution < 1.29 is 22.7 Å². The van der Waals surface area contributed by atoms with E-state index in [0.29, 0.717) is 12.1 Å². The van der Waals surface area contributed by atoms with Gasteiger partial charge in [-0.05, 0) is 11.6 Å². The van der Waals surface area contributed by atoms with Crippen LogP contribution < -0.4 is 10.1 Å². The van der Waals surface area contributed by atoms with Crippen LogP contribution >= 0.6 is 0 Å². The van der Waals surface area contributed by atoms with Crippen molar-refractivity contribution in [3.8, 4) is 5.88 Å². The molecular formula is C12H13F3N2O2. The Morgan fingerprint density at radius 3 is 2.74 bits per heavy atom. The van der Waals surface area contributed by atoms with E-state index < -0.39 is 12.8 Å². The molecule has 1 amide bonds. The topological polar surface area (TPSA) is 51.2 Å². The van der Waals surface area contributed by atoms with E-state index in [-0.39, 0.29) is 11.8 Å². The number of pyridine rings is 1. The van der Waals surface area contributed by atoms with Crippen molar-refractivity contribution in [2.45, 2.75) is 13.1 Å². The number of hydrogen-bond acceptors (Lipinski definition) is 3. The number of hydrogen-bond donors (Lipinski definition) is 1. The molecule has 1 heterocycles. The van der Waals surface area contributed by atoms with E-state index in [0.717, 1.165) is 0 Å². The highest BCUT2D eigenvalue weighted by atomic mass is 19.4. The number of halogens is 3. The number of nitrogens with one attached hydrogen (secondary N) is 1. The predicted molar refractivity (Wildman–Crippen MR) is 63.5 cm³/mol. The minimum absolute atomic E-state index is 0.0867. The molecule has 1 aromatic heterocycles. The van der Waals surface area contributed by atoms with E-state index in [9.17, 15) is 18.0 Å².